The third kappa shape index (κ3) is 2.46. The minimum absolute atomic E-state index is 0.251. The van der Waals surface area contributed by atoms with Crippen molar-refractivity contribution < 1.29 is 9.47 Å². The molecule has 5 nitrogen and oxygen atoms in total. The Morgan fingerprint density at radius 2 is 2.00 bits per heavy atom. The van der Waals surface area contributed by atoms with Crippen LogP contribution in [0.3, 0.4) is 0 Å². The number of rotatable bonds is 4. The summed E-state index contributed by atoms with van der Waals surface area (Å²) in [5, 5.41) is 3.14. The first kappa shape index (κ1) is 14.2. The Balaban J connectivity index is 1.63. The summed E-state index contributed by atoms with van der Waals surface area (Å²) in [6.07, 6.45) is 5.01. The second kappa shape index (κ2) is 5.56. The normalized spacial score (nSPS) is 26.9. The molecule has 1 aromatic carbocycles. The van der Waals surface area contributed by atoms with Crippen LogP contribution >= 0.6 is 0 Å². The molecule has 0 radical (unpaired) electrons. The van der Waals surface area contributed by atoms with Crippen molar-refractivity contribution in [2.45, 2.75) is 37.8 Å². The highest BCUT2D eigenvalue weighted by Crippen LogP contribution is 2.58. The number of guanidine groups is 1. The average molecular weight is 289 g/mol. The van der Waals surface area contributed by atoms with Crippen molar-refractivity contribution in [1.29, 1.82) is 0 Å². The molecule has 0 aromatic heterocycles. The number of nitrogens with one attached hydrogen (secondary N) is 1. The molecule has 3 rings (SSSR count). The number of anilines is 1. The largest absolute Gasteiger partial charge is 0.497 e. The van der Waals surface area contributed by atoms with E-state index in [1.807, 2.05) is 24.3 Å². The first-order valence-corrected chi connectivity index (χ1v) is 7.45. The van der Waals surface area contributed by atoms with Crippen LogP contribution in [0.15, 0.2) is 29.3 Å². The van der Waals surface area contributed by atoms with Gasteiger partial charge in [-0.15, -0.1) is 0 Å². The Hall–Kier alpha value is -1.75. The van der Waals surface area contributed by atoms with Crippen LogP contribution in [0.5, 0.6) is 5.75 Å². The second-order valence-electron chi connectivity index (χ2n) is 5.93. The lowest BCUT2D eigenvalue weighted by molar-refractivity contribution is -0.150. The van der Waals surface area contributed by atoms with E-state index in [1.54, 1.807) is 14.2 Å². The van der Waals surface area contributed by atoms with Crippen LogP contribution in [0.4, 0.5) is 5.69 Å². The molecule has 2 unspecified atom stereocenters. The Morgan fingerprint density at radius 3 is 2.52 bits per heavy atom. The molecule has 0 aliphatic heterocycles. The summed E-state index contributed by atoms with van der Waals surface area (Å²) >= 11 is 0. The summed E-state index contributed by atoms with van der Waals surface area (Å²) in [6, 6.07) is 7.95. The van der Waals surface area contributed by atoms with Crippen molar-refractivity contribution in [3.8, 4) is 5.75 Å². The van der Waals surface area contributed by atoms with Crippen molar-refractivity contribution in [2.75, 3.05) is 19.5 Å². The standard InChI is InChI=1S/C16H23N3O2/c1-20-12-6-4-11(5-7-12)18-15(17)19-13-10-14(21-2)16(13)8-3-9-16/h4-7,13-14H,3,8-10H2,1-2H3,(H3,17,18,19). The maximum Gasteiger partial charge on any atom is 0.193 e. The summed E-state index contributed by atoms with van der Waals surface area (Å²) in [5.74, 6) is 1.30. The highest BCUT2D eigenvalue weighted by atomic mass is 16.5. The molecule has 2 aliphatic carbocycles. The lowest BCUT2D eigenvalue weighted by atomic mass is 9.51. The maximum atomic E-state index is 6.04. The summed E-state index contributed by atoms with van der Waals surface area (Å²) < 4.78 is 10.7. The van der Waals surface area contributed by atoms with Crippen LogP contribution in [0, 0.1) is 5.41 Å². The number of methoxy groups -OCH3 is 2. The van der Waals surface area contributed by atoms with Crippen molar-refractivity contribution >= 4 is 11.6 Å². The van der Waals surface area contributed by atoms with E-state index in [0.717, 1.165) is 17.9 Å². The predicted molar refractivity (Wildman–Crippen MR) is 83.7 cm³/mol. The molecule has 3 N–H and O–H groups in total. The fourth-order valence-corrected chi connectivity index (χ4v) is 3.50. The molecule has 0 saturated heterocycles. The number of benzene rings is 1. The van der Waals surface area contributed by atoms with Crippen molar-refractivity contribution in [2.24, 2.45) is 16.1 Å². The summed E-state index contributed by atoms with van der Waals surface area (Å²) in [7, 11) is 3.45. The second-order valence-corrected chi connectivity index (χ2v) is 5.93. The number of hydrogen-bond donors (Lipinski definition) is 2. The van der Waals surface area contributed by atoms with E-state index in [9.17, 15) is 0 Å². The molecule has 21 heavy (non-hydrogen) atoms. The number of ether oxygens (including phenoxy) is 2. The van der Waals surface area contributed by atoms with E-state index in [0.29, 0.717) is 18.1 Å². The van der Waals surface area contributed by atoms with Crippen LogP contribution in [0.25, 0.3) is 0 Å². The van der Waals surface area contributed by atoms with Gasteiger partial charge in [0.1, 0.15) is 5.75 Å². The minimum Gasteiger partial charge on any atom is -0.497 e. The van der Waals surface area contributed by atoms with Gasteiger partial charge in [-0.1, -0.05) is 6.42 Å². The Labute approximate surface area is 125 Å². The van der Waals surface area contributed by atoms with Gasteiger partial charge in [-0.2, -0.15) is 0 Å². The SMILES string of the molecule is COc1ccc(NC(N)=NC2CC(OC)C23CCC3)cc1. The fourth-order valence-electron chi connectivity index (χ4n) is 3.50. The highest BCUT2D eigenvalue weighted by molar-refractivity contribution is 5.92. The monoisotopic (exact) mass is 289 g/mol. The van der Waals surface area contributed by atoms with Gasteiger partial charge in [-0.25, -0.2) is 4.99 Å². The molecule has 114 valence electrons. The zero-order chi connectivity index (χ0) is 14.9. The zero-order valence-electron chi connectivity index (χ0n) is 12.6. The van der Waals surface area contributed by atoms with Crippen molar-refractivity contribution in [3.63, 3.8) is 0 Å². The van der Waals surface area contributed by atoms with E-state index < -0.39 is 0 Å². The lowest BCUT2D eigenvalue weighted by Gasteiger charge is -2.59. The van der Waals surface area contributed by atoms with Gasteiger partial charge in [0, 0.05) is 18.2 Å². The van der Waals surface area contributed by atoms with Crippen LogP contribution in [-0.4, -0.2) is 32.3 Å². The first-order chi connectivity index (χ1) is 10.2. The van der Waals surface area contributed by atoms with E-state index >= 15 is 0 Å². The molecule has 0 heterocycles. The van der Waals surface area contributed by atoms with Gasteiger partial charge in [0.05, 0.1) is 19.3 Å². The van der Waals surface area contributed by atoms with Crippen LogP contribution in [0.1, 0.15) is 25.7 Å². The summed E-state index contributed by atoms with van der Waals surface area (Å²) in [6.45, 7) is 0. The first-order valence-electron chi connectivity index (χ1n) is 7.45. The van der Waals surface area contributed by atoms with Gasteiger partial charge in [0.2, 0.25) is 0 Å². The van der Waals surface area contributed by atoms with E-state index in [1.165, 1.54) is 19.3 Å². The molecule has 1 aromatic rings. The lowest BCUT2D eigenvalue weighted by Crippen LogP contribution is -2.61. The Morgan fingerprint density at radius 1 is 1.29 bits per heavy atom. The average Bonchev–Trinajstić information content (AvgIpc) is 2.42. The highest BCUT2D eigenvalue weighted by Gasteiger charge is 2.58. The molecular weight excluding hydrogens is 266 g/mol. The molecule has 1 spiro atoms. The van der Waals surface area contributed by atoms with E-state index in [4.69, 9.17) is 15.2 Å². The summed E-state index contributed by atoms with van der Waals surface area (Å²) in [4.78, 5) is 4.67. The van der Waals surface area contributed by atoms with Gasteiger partial charge in [0.15, 0.2) is 5.96 Å². The number of hydrogen-bond acceptors (Lipinski definition) is 3. The quantitative estimate of drug-likeness (QED) is 0.659. The third-order valence-corrected chi connectivity index (χ3v) is 4.97. The van der Waals surface area contributed by atoms with Gasteiger partial charge in [0.25, 0.3) is 0 Å². The summed E-state index contributed by atoms with van der Waals surface area (Å²) in [5.41, 5.74) is 7.21. The third-order valence-electron chi connectivity index (χ3n) is 4.97. The predicted octanol–water partition coefficient (Wildman–Crippen LogP) is 2.38. The molecule has 2 atom stereocenters. The molecule has 0 bridgehead atoms. The molecule has 5 heteroatoms. The Bertz CT molecular complexity index is 523. The minimum atomic E-state index is 0.251. The van der Waals surface area contributed by atoms with Crippen LogP contribution in [-0.2, 0) is 4.74 Å². The molecule has 2 fully saturated rings. The van der Waals surface area contributed by atoms with Gasteiger partial charge in [-0.3, -0.25) is 0 Å². The van der Waals surface area contributed by atoms with Crippen molar-refractivity contribution in [1.82, 2.24) is 0 Å². The van der Waals surface area contributed by atoms with Crippen LogP contribution in [0.2, 0.25) is 0 Å². The maximum absolute atomic E-state index is 6.04. The topological polar surface area (TPSA) is 68.9 Å². The fraction of sp³-hybridized carbons (Fsp3) is 0.562. The Kier molecular flexibility index (Phi) is 3.76. The van der Waals surface area contributed by atoms with Crippen LogP contribution < -0.4 is 15.8 Å². The van der Waals surface area contributed by atoms with Gasteiger partial charge >= 0.3 is 0 Å². The number of nitrogens with two attached hydrogens (primary N) is 1. The number of nitrogens with zero attached hydrogens (tertiary/aromatic N) is 1. The molecule has 2 aliphatic rings. The van der Waals surface area contributed by atoms with Gasteiger partial charge in [-0.05, 0) is 43.5 Å². The van der Waals surface area contributed by atoms with E-state index in [2.05, 4.69) is 10.3 Å². The smallest absolute Gasteiger partial charge is 0.193 e. The zero-order valence-corrected chi connectivity index (χ0v) is 12.6. The molecular formula is C16H23N3O2. The van der Waals surface area contributed by atoms with Gasteiger partial charge < -0.3 is 20.5 Å². The number of aliphatic imine (C=N–C) groups is 1. The van der Waals surface area contributed by atoms with E-state index in [-0.39, 0.29) is 5.41 Å². The molecule has 0 amide bonds. The molecule has 2 saturated carbocycles. The van der Waals surface area contributed by atoms with Crippen molar-refractivity contribution in [3.05, 3.63) is 24.3 Å².